The average Bonchev–Trinajstić information content (AvgIpc) is 2.90. The Kier molecular flexibility index (Phi) is 7.10. The summed E-state index contributed by atoms with van der Waals surface area (Å²) in [6.45, 7) is 12.0. The Morgan fingerprint density at radius 2 is 1.63 bits per heavy atom. The Labute approximate surface area is 244 Å². The molecule has 3 N–H and O–H groups in total. The van der Waals surface area contributed by atoms with Crippen LogP contribution in [0.3, 0.4) is 0 Å². The molecule has 8 nitrogen and oxygen atoms in total. The van der Waals surface area contributed by atoms with Crippen LogP contribution in [0.15, 0.2) is 11.6 Å². The quantitative estimate of drug-likeness (QED) is 0.319. The van der Waals surface area contributed by atoms with Gasteiger partial charge in [-0.15, -0.1) is 0 Å². The van der Waals surface area contributed by atoms with Gasteiger partial charge in [-0.2, -0.15) is 0 Å². The normalized spacial score (nSPS) is 50.7. The van der Waals surface area contributed by atoms with E-state index in [-0.39, 0.29) is 46.6 Å². The molecule has 4 saturated carbocycles. The molecule has 230 valence electrons. The first kappa shape index (κ1) is 30.5. The molecule has 11 atom stereocenters. The van der Waals surface area contributed by atoms with Gasteiger partial charge in [-0.1, -0.05) is 39.3 Å². The van der Waals surface area contributed by atoms with Gasteiger partial charge in [0.15, 0.2) is 0 Å². The molecule has 0 spiro atoms. The third-order valence-electron chi connectivity index (χ3n) is 13.9. The molecule has 5 aliphatic rings. The van der Waals surface area contributed by atoms with Crippen LogP contribution in [0.1, 0.15) is 99.3 Å². The molecule has 0 radical (unpaired) electrons. The molecule has 0 heterocycles. The summed E-state index contributed by atoms with van der Waals surface area (Å²) in [5, 5.41) is 32.8. The highest BCUT2D eigenvalue weighted by Gasteiger charge is 2.71. The number of carboxylic acids is 1. The average molecular weight is 575 g/mol. The fourth-order valence-corrected chi connectivity index (χ4v) is 11.4. The molecule has 0 aromatic heterocycles. The number of fused-ring (bicyclic) bond motifs is 7. The highest BCUT2D eigenvalue weighted by Crippen LogP contribution is 2.76. The molecule has 0 unspecified atom stereocenters. The van der Waals surface area contributed by atoms with Crippen molar-refractivity contribution in [2.45, 2.75) is 112 Å². The second kappa shape index (κ2) is 9.54. The maximum Gasteiger partial charge on any atom is 0.311 e. The molecule has 5 aliphatic carbocycles. The summed E-state index contributed by atoms with van der Waals surface area (Å²) in [4.78, 5) is 37.9. The van der Waals surface area contributed by atoms with Crippen molar-refractivity contribution in [1.29, 1.82) is 0 Å². The van der Waals surface area contributed by atoms with Gasteiger partial charge in [-0.3, -0.25) is 14.4 Å². The number of aliphatic carboxylic acids is 1. The molecule has 0 bridgehead atoms. The maximum atomic E-state index is 13.0. The van der Waals surface area contributed by atoms with Crippen LogP contribution in [0, 0.1) is 50.2 Å². The zero-order chi connectivity index (χ0) is 30.4. The molecular formula is C33H50O8. The third kappa shape index (κ3) is 3.87. The van der Waals surface area contributed by atoms with E-state index in [0.29, 0.717) is 32.1 Å². The summed E-state index contributed by atoms with van der Waals surface area (Å²) in [5.74, 6) is -1.48. The lowest BCUT2D eigenvalue weighted by atomic mass is 9.33. The second-order valence-corrected chi connectivity index (χ2v) is 15.5. The fraction of sp³-hybridized carbons (Fsp3) is 0.848. The topological polar surface area (TPSA) is 130 Å². The van der Waals surface area contributed by atoms with Crippen molar-refractivity contribution in [2.75, 3.05) is 13.7 Å². The molecule has 5 rings (SSSR count). The second-order valence-electron chi connectivity index (χ2n) is 15.5. The Morgan fingerprint density at radius 1 is 0.976 bits per heavy atom. The molecule has 0 aliphatic heterocycles. The molecule has 41 heavy (non-hydrogen) atoms. The van der Waals surface area contributed by atoms with Crippen molar-refractivity contribution >= 4 is 17.9 Å². The van der Waals surface area contributed by atoms with Gasteiger partial charge in [0.2, 0.25) is 0 Å². The fourth-order valence-electron chi connectivity index (χ4n) is 11.4. The summed E-state index contributed by atoms with van der Waals surface area (Å²) in [5.41, 5.74) is -1.94. The van der Waals surface area contributed by atoms with E-state index in [1.54, 1.807) is 0 Å². The third-order valence-corrected chi connectivity index (χ3v) is 13.9. The first-order valence-corrected chi connectivity index (χ1v) is 15.5. The zero-order valence-electron chi connectivity index (χ0n) is 25.9. The molecule has 8 heteroatoms. The van der Waals surface area contributed by atoms with Crippen LogP contribution in [0.25, 0.3) is 0 Å². The van der Waals surface area contributed by atoms with Gasteiger partial charge in [0.25, 0.3) is 0 Å². The lowest BCUT2D eigenvalue weighted by molar-refractivity contribution is -0.250. The highest BCUT2D eigenvalue weighted by molar-refractivity contribution is 5.80. The number of methoxy groups -OCH3 is 1. The summed E-state index contributed by atoms with van der Waals surface area (Å²) < 4.78 is 10.9. The first-order valence-electron chi connectivity index (χ1n) is 15.5. The summed E-state index contributed by atoms with van der Waals surface area (Å²) in [6.07, 6.45) is 6.38. The van der Waals surface area contributed by atoms with Crippen molar-refractivity contribution in [3.05, 3.63) is 11.6 Å². The number of carboxylic acid groups (broad SMARTS) is 1. The molecule has 0 saturated heterocycles. The number of aliphatic hydroxyl groups excluding tert-OH is 2. The predicted octanol–water partition coefficient (Wildman–Crippen LogP) is 4.90. The lowest BCUT2D eigenvalue weighted by Gasteiger charge is -2.71. The van der Waals surface area contributed by atoms with Crippen molar-refractivity contribution in [2.24, 2.45) is 50.2 Å². The van der Waals surface area contributed by atoms with Gasteiger partial charge in [0, 0.05) is 12.3 Å². The Bertz CT molecular complexity index is 1160. The Hall–Kier alpha value is -1.93. The number of hydrogen-bond donors (Lipinski definition) is 3. The van der Waals surface area contributed by atoms with Crippen LogP contribution in [0.4, 0.5) is 0 Å². The lowest BCUT2D eigenvalue weighted by Crippen LogP contribution is -2.68. The van der Waals surface area contributed by atoms with Crippen molar-refractivity contribution in [3.8, 4) is 0 Å². The maximum absolute atomic E-state index is 13.0. The molecular weight excluding hydrogens is 524 g/mol. The van der Waals surface area contributed by atoms with E-state index in [9.17, 15) is 29.7 Å². The first-order chi connectivity index (χ1) is 19.0. The number of hydrogen-bond acceptors (Lipinski definition) is 7. The largest absolute Gasteiger partial charge is 0.481 e. The number of rotatable bonds is 4. The number of allylic oxidation sites excluding steroid dienone is 2. The van der Waals surface area contributed by atoms with Crippen molar-refractivity contribution in [3.63, 3.8) is 0 Å². The standard InChI is InChI=1S/C33H50O8/c1-19(35)41-25-22(36)17-29(3)23(30(25,4)18-34)10-11-32(6)24(29)9-8-20-21-16-28(2,27(39)40-7)12-14-33(21,26(37)38)15-13-31(20,32)5/h8,21-25,34,36H,9-18H2,1-7H3,(H,37,38)/t21-,22-,23-,24+,25-,28-,29-,30-,31+,32+,33-/m0/s1. The summed E-state index contributed by atoms with van der Waals surface area (Å²) in [6, 6.07) is 0. The van der Waals surface area contributed by atoms with Crippen molar-refractivity contribution in [1.82, 2.24) is 0 Å². The van der Waals surface area contributed by atoms with E-state index in [0.717, 1.165) is 25.7 Å². The number of carbonyl (C=O) groups is 3. The number of ether oxygens (including phenoxy) is 2. The van der Waals surface area contributed by atoms with E-state index in [1.807, 2.05) is 13.8 Å². The summed E-state index contributed by atoms with van der Waals surface area (Å²) in [7, 11) is 1.41. The minimum atomic E-state index is -0.886. The van der Waals surface area contributed by atoms with Gasteiger partial charge in [-0.25, -0.2) is 0 Å². The summed E-state index contributed by atoms with van der Waals surface area (Å²) >= 11 is 0. The van der Waals surface area contributed by atoms with Crippen LogP contribution >= 0.6 is 0 Å². The van der Waals surface area contributed by atoms with Crippen LogP contribution in [0.5, 0.6) is 0 Å². The smallest absolute Gasteiger partial charge is 0.311 e. The predicted molar refractivity (Wildman–Crippen MR) is 151 cm³/mol. The van der Waals surface area contributed by atoms with E-state index in [1.165, 1.54) is 19.6 Å². The minimum Gasteiger partial charge on any atom is -0.481 e. The van der Waals surface area contributed by atoms with Gasteiger partial charge >= 0.3 is 17.9 Å². The van der Waals surface area contributed by atoms with Crippen LogP contribution in [0.2, 0.25) is 0 Å². The van der Waals surface area contributed by atoms with E-state index in [2.05, 4.69) is 26.8 Å². The minimum absolute atomic E-state index is 0.0448. The Morgan fingerprint density at radius 3 is 2.22 bits per heavy atom. The number of carbonyl (C=O) groups excluding carboxylic acids is 2. The van der Waals surface area contributed by atoms with Gasteiger partial charge in [0.1, 0.15) is 6.10 Å². The van der Waals surface area contributed by atoms with Crippen LogP contribution in [-0.4, -0.2) is 59.2 Å². The van der Waals surface area contributed by atoms with Crippen LogP contribution < -0.4 is 0 Å². The van der Waals surface area contributed by atoms with E-state index >= 15 is 0 Å². The SMILES string of the molecule is COC(=O)[C@@]1(C)CC[C@]2(C(=O)O)CC[C@]3(C)C(=CC[C@@H]4[C@@]5(C)C[C@H](O)[C@H](OC(C)=O)[C@@](C)(CO)[C@H]5CC[C@]43C)[C@@H]2C1. The highest BCUT2D eigenvalue weighted by atomic mass is 16.6. The molecule has 0 aromatic carbocycles. The molecule has 4 fully saturated rings. The monoisotopic (exact) mass is 574 g/mol. The van der Waals surface area contributed by atoms with E-state index in [4.69, 9.17) is 9.47 Å². The number of esters is 2. The molecule has 0 amide bonds. The van der Waals surface area contributed by atoms with E-state index < -0.39 is 40.4 Å². The zero-order valence-corrected chi connectivity index (χ0v) is 25.9. The van der Waals surface area contributed by atoms with Gasteiger partial charge < -0.3 is 24.8 Å². The van der Waals surface area contributed by atoms with Crippen LogP contribution in [-0.2, 0) is 23.9 Å². The Balaban J connectivity index is 1.59. The van der Waals surface area contributed by atoms with Gasteiger partial charge in [-0.05, 0) is 98.7 Å². The van der Waals surface area contributed by atoms with Crippen molar-refractivity contribution < 1.29 is 39.2 Å². The van der Waals surface area contributed by atoms with Gasteiger partial charge in [0.05, 0.1) is 30.7 Å². The number of aliphatic hydroxyl groups is 2. The molecule has 0 aromatic rings.